The largest absolute Gasteiger partial charge is 0.456 e. The van der Waals surface area contributed by atoms with Gasteiger partial charge in [-0.05, 0) is 89.6 Å². The Bertz CT molecular complexity index is 1160. The third-order valence-electron chi connectivity index (χ3n) is 6.29. The van der Waals surface area contributed by atoms with Crippen LogP contribution in [-0.4, -0.2) is 37.4 Å². The predicted molar refractivity (Wildman–Crippen MR) is 123 cm³/mol. The van der Waals surface area contributed by atoms with Crippen molar-refractivity contribution in [2.45, 2.75) is 78.3 Å². The lowest BCUT2D eigenvalue weighted by Crippen LogP contribution is -2.40. The van der Waals surface area contributed by atoms with Crippen molar-refractivity contribution in [2.75, 3.05) is 6.61 Å². The van der Waals surface area contributed by atoms with Gasteiger partial charge < -0.3 is 9.30 Å². The van der Waals surface area contributed by atoms with Gasteiger partial charge in [-0.1, -0.05) is 6.07 Å². The van der Waals surface area contributed by atoms with Crippen LogP contribution in [0.2, 0.25) is 0 Å². The minimum absolute atomic E-state index is 0.179. The van der Waals surface area contributed by atoms with Crippen molar-refractivity contribution in [3.05, 3.63) is 51.3 Å². The topological polar surface area (TPSA) is 94.5 Å². The summed E-state index contributed by atoms with van der Waals surface area (Å²) in [4.78, 5) is 25.3. The van der Waals surface area contributed by atoms with Gasteiger partial charge in [0.1, 0.15) is 6.04 Å². The molecule has 8 heteroatoms. The third kappa shape index (κ3) is 4.66. The van der Waals surface area contributed by atoms with E-state index in [4.69, 9.17) is 4.74 Å². The average Bonchev–Trinajstić information content (AvgIpc) is 3.48. The van der Waals surface area contributed by atoms with Crippen LogP contribution < -0.4 is 4.72 Å². The molecule has 32 heavy (non-hydrogen) atoms. The SMILES string of the molecule is Cc1cc(C)c(C)c(S(=O)(=O)N[C@@H](C)C(=O)OCC(=O)c2cc(C)n(C3CC3)c2C)c1C. The molecule has 0 amide bonds. The zero-order chi connectivity index (χ0) is 24.0. The summed E-state index contributed by atoms with van der Waals surface area (Å²) in [7, 11) is -3.95. The van der Waals surface area contributed by atoms with Crippen molar-refractivity contribution in [3.8, 4) is 0 Å². The van der Waals surface area contributed by atoms with Gasteiger partial charge in [-0.15, -0.1) is 0 Å². The molecular weight excluding hydrogens is 428 g/mol. The Balaban J connectivity index is 1.68. The first kappa shape index (κ1) is 24.2. The summed E-state index contributed by atoms with van der Waals surface area (Å²) in [6.45, 7) is 12.0. The standard InChI is InChI=1S/C24H32N2O5S/c1-13-10-14(2)17(5)23(16(13)4)32(29,30)25-18(6)24(28)31-12-22(27)21-11-15(3)26(19(21)7)20-8-9-20/h10-11,18,20,25H,8-9,12H2,1-7H3/t18-/m0/s1. The maximum absolute atomic E-state index is 13.0. The number of aryl methyl sites for hydroxylation is 3. The van der Waals surface area contributed by atoms with Gasteiger partial charge in [0.15, 0.2) is 6.61 Å². The van der Waals surface area contributed by atoms with Gasteiger partial charge in [0.2, 0.25) is 15.8 Å². The van der Waals surface area contributed by atoms with Crippen LogP contribution >= 0.6 is 0 Å². The molecule has 1 atom stereocenters. The molecule has 1 aromatic carbocycles. The van der Waals surface area contributed by atoms with Crippen molar-refractivity contribution >= 4 is 21.8 Å². The second-order valence-corrected chi connectivity index (χ2v) is 10.5. The summed E-state index contributed by atoms with van der Waals surface area (Å²) in [5.74, 6) is -1.09. The van der Waals surface area contributed by atoms with Gasteiger partial charge in [-0.25, -0.2) is 8.42 Å². The van der Waals surface area contributed by atoms with Crippen LogP contribution in [0.1, 0.15) is 69.8 Å². The first-order valence-electron chi connectivity index (χ1n) is 10.8. The number of carbonyl (C=O) groups is 2. The van der Waals surface area contributed by atoms with Crippen molar-refractivity contribution in [1.29, 1.82) is 0 Å². The molecule has 0 saturated heterocycles. The summed E-state index contributed by atoms with van der Waals surface area (Å²) in [6.07, 6.45) is 2.21. The number of ketones is 1. The summed E-state index contributed by atoms with van der Waals surface area (Å²) in [6, 6.07) is 3.08. The number of nitrogens with one attached hydrogen (secondary N) is 1. The number of sulfonamides is 1. The Morgan fingerprint density at radius 3 is 2.16 bits per heavy atom. The highest BCUT2D eigenvalue weighted by Gasteiger charge is 2.30. The van der Waals surface area contributed by atoms with Crippen LogP contribution in [0, 0.1) is 41.5 Å². The highest BCUT2D eigenvalue weighted by Crippen LogP contribution is 2.38. The van der Waals surface area contributed by atoms with E-state index in [0.29, 0.717) is 22.7 Å². The van der Waals surface area contributed by atoms with Crippen LogP contribution in [0.4, 0.5) is 0 Å². The first-order valence-corrected chi connectivity index (χ1v) is 12.3. The maximum Gasteiger partial charge on any atom is 0.324 e. The van der Waals surface area contributed by atoms with Gasteiger partial charge in [-0.2, -0.15) is 4.72 Å². The molecule has 0 bridgehead atoms. The summed E-state index contributed by atoms with van der Waals surface area (Å²) < 4.78 is 35.8. The fraction of sp³-hybridized carbons (Fsp3) is 0.500. The van der Waals surface area contributed by atoms with E-state index in [1.807, 2.05) is 39.8 Å². The highest BCUT2D eigenvalue weighted by molar-refractivity contribution is 7.89. The number of esters is 1. The lowest BCUT2D eigenvalue weighted by molar-refractivity contribution is -0.144. The average molecular weight is 461 g/mol. The molecule has 7 nitrogen and oxygen atoms in total. The molecule has 1 aliphatic rings. The Hall–Kier alpha value is -2.45. The van der Waals surface area contributed by atoms with Crippen LogP contribution in [-0.2, 0) is 19.6 Å². The van der Waals surface area contributed by atoms with E-state index in [1.54, 1.807) is 13.8 Å². The van der Waals surface area contributed by atoms with Crippen LogP contribution in [0.5, 0.6) is 0 Å². The third-order valence-corrected chi connectivity index (χ3v) is 8.11. The summed E-state index contributed by atoms with van der Waals surface area (Å²) in [5.41, 5.74) is 5.43. The minimum Gasteiger partial charge on any atom is -0.456 e. The smallest absolute Gasteiger partial charge is 0.324 e. The van der Waals surface area contributed by atoms with Gasteiger partial charge >= 0.3 is 5.97 Å². The molecule has 174 valence electrons. The molecule has 1 N–H and O–H groups in total. The molecule has 0 aliphatic heterocycles. The lowest BCUT2D eigenvalue weighted by Gasteiger charge is -2.18. The number of Topliss-reactive ketones (excluding diaryl/α,β-unsaturated/α-hetero) is 1. The van der Waals surface area contributed by atoms with Crippen molar-refractivity contribution in [1.82, 2.24) is 9.29 Å². The quantitative estimate of drug-likeness (QED) is 0.478. The van der Waals surface area contributed by atoms with E-state index < -0.39 is 28.6 Å². The molecular formula is C24H32N2O5S. The van der Waals surface area contributed by atoms with E-state index in [2.05, 4.69) is 9.29 Å². The predicted octanol–water partition coefficient (Wildman–Crippen LogP) is 3.77. The summed E-state index contributed by atoms with van der Waals surface area (Å²) >= 11 is 0. The molecule has 0 unspecified atom stereocenters. The van der Waals surface area contributed by atoms with E-state index >= 15 is 0 Å². The number of nitrogens with zero attached hydrogens (tertiary/aromatic N) is 1. The van der Waals surface area contributed by atoms with Crippen LogP contribution in [0.15, 0.2) is 17.0 Å². The number of aromatic nitrogens is 1. The maximum atomic E-state index is 13.0. The Kier molecular flexibility index (Phi) is 6.67. The highest BCUT2D eigenvalue weighted by atomic mass is 32.2. The molecule has 3 rings (SSSR count). The van der Waals surface area contributed by atoms with Crippen LogP contribution in [0.25, 0.3) is 0 Å². The normalized spacial score (nSPS) is 15.0. The second-order valence-electron chi connectivity index (χ2n) is 8.85. The molecule has 0 radical (unpaired) electrons. The Morgan fingerprint density at radius 1 is 1.06 bits per heavy atom. The summed E-state index contributed by atoms with van der Waals surface area (Å²) in [5, 5.41) is 0. The van der Waals surface area contributed by atoms with E-state index in [-0.39, 0.29) is 10.7 Å². The Labute approximate surface area is 190 Å². The number of hydrogen-bond acceptors (Lipinski definition) is 5. The van der Waals surface area contributed by atoms with Gasteiger partial charge in [-0.3, -0.25) is 9.59 Å². The molecule has 0 spiro atoms. The van der Waals surface area contributed by atoms with Gasteiger partial charge in [0.05, 0.1) is 4.90 Å². The van der Waals surface area contributed by atoms with E-state index in [1.165, 1.54) is 6.92 Å². The van der Waals surface area contributed by atoms with Crippen molar-refractivity contribution in [2.24, 2.45) is 0 Å². The van der Waals surface area contributed by atoms with E-state index in [0.717, 1.165) is 35.4 Å². The lowest BCUT2D eigenvalue weighted by atomic mass is 10.0. The molecule has 1 fully saturated rings. The first-order chi connectivity index (χ1) is 14.8. The zero-order valence-electron chi connectivity index (χ0n) is 19.8. The monoisotopic (exact) mass is 460 g/mol. The number of hydrogen-bond donors (Lipinski definition) is 1. The minimum atomic E-state index is -3.95. The van der Waals surface area contributed by atoms with Crippen molar-refractivity contribution < 1.29 is 22.7 Å². The second kappa shape index (κ2) is 8.83. The fourth-order valence-electron chi connectivity index (χ4n) is 4.22. The molecule has 2 aromatic rings. The number of benzene rings is 1. The van der Waals surface area contributed by atoms with Gasteiger partial charge in [0, 0.05) is 23.0 Å². The van der Waals surface area contributed by atoms with Gasteiger partial charge in [0.25, 0.3) is 0 Å². The van der Waals surface area contributed by atoms with Crippen molar-refractivity contribution in [3.63, 3.8) is 0 Å². The number of rotatable bonds is 8. The Morgan fingerprint density at radius 2 is 1.62 bits per heavy atom. The molecule has 1 heterocycles. The number of ether oxygens (including phenoxy) is 1. The molecule has 1 aliphatic carbocycles. The number of carbonyl (C=O) groups excluding carboxylic acids is 2. The molecule has 1 aromatic heterocycles. The van der Waals surface area contributed by atoms with E-state index in [9.17, 15) is 18.0 Å². The molecule has 1 saturated carbocycles. The fourth-order valence-corrected chi connectivity index (χ4v) is 6.02. The van der Waals surface area contributed by atoms with Crippen LogP contribution in [0.3, 0.4) is 0 Å². The zero-order valence-corrected chi connectivity index (χ0v) is 20.6.